The van der Waals surface area contributed by atoms with Crippen molar-refractivity contribution in [3.63, 3.8) is 0 Å². The molecule has 0 radical (unpaired) electrons. The van der Waals surface area contributed by atoms with Crippen molar-refractivity contribution in [1.82, 2.24) is 9.88 Å². The normalized spacial score (nSPS) is 10.8. The molecular formula is C22H28ClN3O2S. The van der Waals surface area contributed by atoms with Gasteiger partial charge in [0.1, 0.15) is 5.75 Å². The molecule has 0 spiro atoms. The second-order valence-electron chi connectivity index (χ2n) is 7.19. The van der Waals surface area contributed by atoms with Gasteiger partial charge >= 0.3 is 0 Å². The molecule has 0 aliphatic heterocycles. The summed E-state index contributed by atoms with van der Waals surface area (Å²) in [5, 5.41) is 0.760. The lowest BCUT2D eigenvalue weighted by Crippen LogP contribution is -2.37. The Morgan fingerprint density at radius 1 is 1.10 bits per heavy atom. The number of thiazole rings is 1. The summed E-state index contributed by atoms with van der Waals surface area (Å²) < 4.78 is 6.85. The van der Waals surface area contributed by atoms with Crippen LogP contribution in [0.3, 0.4) is 0 Å². The zero-order valence-electron chi connectivity index (χ0n) is 17.3. The Morgan fingerprint density at radius 3 is 2.52 bits per heavy atom. The van der Waals surface area contributed by atoms with Gasteiger partial charge in [-0.25, -0.2) is 4.98 Å². The summed E-state index contributed by atoms with van der Waals surface area (Å²) in [5.41, 5.74) is 3.34. The first kappa shape index (κ1) is 23.1. The second kappa shape index (κ2) is 10.6. The quantitative estimate of drug-likeness (QED) is 0.516. The maximum Gasteiger partial charge on any atom is 0.232 e. The Bertz CT molecular complexity index is 944. The summed E-state index contributed by atoms with van der Waals surface area (Å²) in [7, 11) is 4.01. The molecule has 2 aromatic carbocycles. The van der Waals surface area contributed by atoms with Crippen LogP contribution in [-0.2, 0) is 4.79 Å². The van der Waals surface area contributed by atoms with Crippen LogP contribution in [0, 0.1) is 13.8 Å². The van der Waals surface area contributed by atoms with Crippen molar-refractivity contribution in [1.29, 1.82) is 0 Å². The number of aryl methyl sites for hydroxylation is 2. The number of likely N-dealkylation sites (N-methyl/N-ethyl adjacent to an activating group) is 1. The molecular weight excluding hydrogens is 406 g/mol. The van der Waals surface area contributed by atoms with Crippen LogP contribution in [0.1, 0.15) is 17.5 Å². The van der Waals surface area contributed by atoms with E-state index in [-0.39, 0.29) is 18.3 Å². The molecule has 0 N–H and O–H groups in total. The highest BCUT2D eigenvalue weighted by atomic mass is 35.5. The van der Waals surface area contributed by atoms with Gasteiger partial charge in [0.2, 0.25) is 5.91 Å². The first-order valence-electron chi connectivity index (χ1n) is 9.45. The summed E-state index contributed by atoms with van der Waals surface area (Å²) in [6.07, 6.45) is 0.316. The highest BCUT2D eigenvalue weighted by Crippen LogP contribution is 2.32. The fourth-order valence-corrected chi connectivity index (χ4v) is 4.07. The molecule has 0 saturated heterocycles. The molecule has 1 amide bonds. The molecule has 0 bridgehead atoms. The number of rotatable bonds is 8. The first-order chi connectivity index (χ1) is 13.4. The average Bonchev–Trinajstić information content (AvgIpc) is 3.06. The molecule has 7 heteroatoms. The number of hydrogen-bond donors (Lipinski definition) is 0. The SMILES string of the molecule is Cc1cc(C)c2sc(N(CCN(C)C)C(=O)CCOc3ccccc3)nc2c1.Cl. The Hall–Kier alpha value is -2.15. The van der Waals surface area contributed by atoms with Crippen LogP contribution in [0.5, 0.6) is 5.75 Å². The minimum atomic E-state index is 0. The van der Waals surface area contributed by atoms with Crippen LogP contribution in [0.2, 0.25) is 0 Å². The van der Waals surface area contributed by atoms with Crippen molar-refractivity contribution in [3.05, 3.63) is 53.6 Å². The summed E-state index contributed by atoms with van der Waals surface area (Å²) in [5.74, 6) is 0.812. The highest BCUT2D eigenvalue weighted by molar-refractivity contribution is 7.22. The number of carbonyl (C=O) groups excluding carboxylic acids is 1. The molecule has 1 heterocycles. The van der Waals surface area contributed by atoms with E-state index in [4.69, 9.17) is 9.72 Å². The van der Waals surface area contributed by atoms with E-state index >= 15 is 0 Å². The number of ether oxygens (including phenoxy) is 1. The molecule has 29 heavy (non-hydrogen) atoms. The van der Waals surface area contributed by atoms with E-state index in [1.807, 2.05) is 44.4 Å². The van der Waals surface area contributed by atoms with Crippen LogP contribution >= 0.6 is 23.7 Å². The van der Waals surface area contributed by atoms with Gasteiger partial charge in [-0.15, -0.1) is 12.4 Å². The monoisotopic (exact) mass is 433 g/mol. The maximum absolute atomic E-state index is 13.0. The van der Waals surface area contributed by atoms with Crippen molar-refractivity contribution in [2.24, 2.45) is 0 Å². The number of anilines is 1. The van der Waals surface area contributed by atoms with E-state index < -0.39 is 0 Å². The first-order valence-corrected chi connectivity index (χ1v) is 10.3. The number of carbonyl (C=O) groups is 1. The zero-order valence-corrected chi connectivity index (χ0v) is 19.0. The molecule has 5 nitrogen and oxygen atoms in total. The minimum absolute atomic E-state index is 0. The number of fused-ring (bicyclic) bond motifs is 1. The molecule has 0 atom stereocenters. The number of halogens is 1. The lowest BCUT2D eigenvalue weighted by Gasteiger charge is -2.22. The highest BCUT2D eigenvalue weighted by Gasteiger charge is 2.20. The van der Waals surface area contributed by atoms with Crippen molar-refractivity contribution < 1.29 is 9.53 Å². The molecule has 3 aromatic rings. The Morgan fingerprint density at radius 2 is 1.83 bits per heavy atom. The number of benzene rings is 2. The smallest absolute Gasteiger partial charge is 0.232 e. The number of hydrogen-bond acceptors (Lipinski definition) is 5. The zero-order chi connectivity index (χ0) is 20.1. The van der Waals surface area contributed by atoms with Crippen molar-refractivity contribution in [2.45, 2.75) is 20.3 Å². The third-order valence-corrected chi connectivity index (χ3v) is 5.67. The molecule has 1 aromatic heterocycles. The number of amides is 1. The second-order valence-corrected chi connectivity index (χ2v) is 8.16. The lowest BCUT2D eigenvalue weighted by molar-refractivity contribution is -0.119. The fourth-order valence-electron chi connectivity index (χ4n) is 3.02. The molecule has 0 aliphatic carbocycles. The van der Waals surface area contributed by atoms with E-state index in [0.29, 0.717) is 19.6 Å². The molecule has 0 unspecified atom stereocenters. The van der Waals surface area contributed by atoms with Gasteiger partial charge in [0.15, 0.2) is 5.13 Å². The van der Waals surface area contributed by atoms with Gasteiger partial charge in [0.05, 0.1) is 23.2 Å². The van der Waals surface area contributed by atoms with Gasteiger partial charge in [-0.1, -0.05) is 35.6 Å². The van der Waals surface area contributed by atoms with Crippen molar-refractivity contribution in [3.8, 4) is 5.75 Å². The van der Waals surface area contributed by atoms with E-state index in [1.165, 1.54) is 11.1 Å². The predicted octanol–water partition coefficient (Wildman–Crippen LogP) is 4.70. The summed E-state index contributed by atoms with van der Waals surface area (Å²) >= 11 is 1.59. The van der Waals surface area contributed by atoms with E-state index in [0.717, 1.165) is 27.6 Å². The van der Waals surface area contributed by atoms with E-state index in [9.17, 15) is 4.79 Å². The van der Waals surface area contributed by atoms with Gasteiger partial charge in [0, 0.05) is 13.1 Å². The number of aromatic nitrogens is 1. The lowest BCUT2D eigenvalue weighted by atomic mass is 10.1. The predicted molar refractivity (Wildman–Crippen MR) is 124 cm³/mol. The largest absolute Gasteiger partial charge is 0.493 e. The number of nitrogens with zero attached hydrogens (tertiary/aromatic N) is 3. The standard InChI is InChI=1S/C22H27N3O2S.ClH/c1-16-14-17(2)21-19(15-16)23-22(28-21)25(12-11-24(3)4)20(26)10-13-27-18-8-6-5-7-9-18;/h5-9,14-15H,10-13H2,1-4H3;1H. The molecule has 0 saturated carbocycles. The molecule has 0 fully saturated rings. The summed E-state index contributed by atoms with van der Waals surface area (Å²) in [6, 6.07) is 13.8. The minimum Gasteiger partial charge on any atom is -0.493 e. The topological polar surface area (TPSA) is 45.7 Å². The van der Waals surface area contributed by atoms with Crippen LogP contribution in [0.15, 0.2) is 42.5 Å². The van der Waals surface area contributed by atoms with E-state index in [2.05, 4.69) is 30.9 Å². The third-order valence-electron chi connectivity index (χ3n) is 4.44. The third kappa shape index (κ3) is 6.16. The van der Waals surface area contributed by atoms with Crippen molar-refractivity contribution in [2.75, 3.05) is 38.7 Å². The van der Waals surface area contributed by atoms with Gasteiger partial charge < -0.3 is 9.64 Å². The van der Waals surface area contributed by atoms with E-state index in [1.54, 1.807) is 16.2 Å². The van der Waals surface area contributed by atoms with Gasteiger partial charge in [-0.05, 0) is 57.3 Å². The van der Waals surface area contributed by atoms with Crippen LogP contribution in [0.4, 0.5) is 5.13 Å². The molecule has 0 aliphatic rings. The van der Waals surface area contributed by atoms with Gasteiger partial charge in [-0.3, -0.25) is 9.69 Å². The van der Waals surface area contributed by atoms with Crippen molar-refractivity contribution >= 4 is 45.0 Å². The summed E-state index contributed by atoms with van der Waals surface area (Å²) in [4.78, 5) is 21.6. The molecule has 3 rings (SSSR count). The van der Waals surface area contributed by atoms with Crippen LogP contribution < -0.4 is 9.64 Å². The van der Waals surface area contributed by atoms with Gasteiger partial charge in [0.25, 0.3) is 0 Å². The molecule has 156 valence electrons. The van der Waals surface area contributed by atoms with Crippen LogP contribution in [0.25, 0.3) is 10.2 Å². The Balaban J connectivity index is 0.00000300. The average molecular weight is 434 g/mol. The summed E-state index contributed by atoms with van der Waals surface area (Å²) in [6.45, 7) is 5.90. The van der Waals surface area contributed by atoms with Crippen LogP contribution in [-0.4, -0.2) is 49.6 Å². The van der Waals surface area contributed by atoms with Gasteiger partial charge in [-0.2, -0.15) is 0 Å². The number of para-hydroxylation sites is 1. The Labute approximate surface area is 182 Å². The maximum atomic E-state index is 13.0. The Kier molecular flexibility index (Phi) is 8.44. The fraction of sp³-hybridized carbons (Fsp3) is 0.364.